The largest absolute Gasteiger partial charge is 0.389 e. The van der Waals surface area contributed by atoms with Crippen molar-refractivity contribution < 1.29 is 9.72 Å². The van der Waals surface area contributed by atoms with E-state index in [0.29, 0.717) is 5.82 Å². The fraction of sp³-hybridized carbons (Fsp3) is 0.182. The fourth-order valence-electron chi connectivity index (χ4n) is 1.44. The summed E-state index contributed by atoms with van der Waals surface area (Å²) >= 11 is 3.25. The van der Waals surface area contributed by atoms with Crippen molar-refractivity contribution in [3.63, 3.8) is 0 Å². The SMILES string of the molecule is O=C(CCn1ccc([N+](=O)[O-])n1)Nc1ccc(Br)cn1. The first-order valence-corrected chi connectivity index (χ1v) is 6.43. The molecule has 2 aromatic rings. The molecule has 0 saturated heterocycles. The fourth-order valence-corrected chi connectivity index (χ4v) is 1.68. The van der Waals surface area contributed by atoms with E-state index in [-0.39, 0.29) is 24.7 Å². The molecule has 104 valence electrons. The molecule has 20 heavy (non-hydrogen) atoms. The molecule has 0 radical (unpaired) electrons. The molecule has 0 aliphatic carbocycles. The third-order valence-electron chi connectivity index (χ3n) is 2.38. The molecular formula is C11H10BrN5O3. The summed E-state index contributed by atoms with van der Waals surface area (Å²) in [7, 11) is 0. The standard InChI is InChI=1S/C11H10BrN5O3/c12-8-1-2-9(13-7-8)14-11(18)4-6-16-5-3-10(15-16)17(19)20/h1-3,5,7H,4,6H2,(H,13,14,18). The molecular weight excluding hydrogens is 330 g/mol. The topological polar surface area (TPSA) is 103 Å². The number of carbonyl (C=O) groups excluding carboxylic acids is 1. The van der Waals surface area contributed by atoms with Gasteiger partial charge < -0.3 is 15.4 Å². The zero-order valence-corrected chi connectivity index (χ0v) is 11.8. The van der Waals surface area contributed by atoms with E-state index in [0.717, 1.165) is 4.47 Å². The summed E-state index contributed by atoms with van der Waals surface area (Å²) in [6.45, 7) is 0.260. The summed E-state index contributed by atoms with van der Waals surface area (Å²) in [5.41, 5.74) is 0. The van der Waals surface area contributed by atoms with Crippen LogP contribution in [0.25, 0.3) is 0 Å². The average Bonchev–Trinajstić information content (AvgIpc) is 2.88. The highest BCUT2D eigenvalue weighted by atomic mass is 79.9. The van der Waals surface area contributed by atoms with Gasteiger partial charge in [0.1, 0.15) is 5.82 Å². The lowest BCUT2D eigenvalue weighted by Crippen LogP contribution is -2.15. The summed E-state index contributed by atoms with van der Waals surface area (Å²) in [4.78, 5) is 25.6. The smallest absolute Gasteiger partial charge is 0.358 e. The second kappa shape index (κ2) is 6.24. The van der Waals surface area contributed by atoms with E-state index in [4.69, 9.17) is 0 Å². The van der Waals surface area contributed by atoms with Crippen LogP contribution in [-0.4, -0.2) is 25.6 Å². The molecule has 9 heteroatoms. The number of anilines is 1. The van der Waals surface area contributed by atoms with E-state index in [1.165, 1.54) is 16.9 Å². The van der Waals surface area contributed by atoms with E-state index >= 15 is 0 Å². The predicted octanol–water partition coefficient (Wildman–Crippen LogP) is 1.98. The Morgan fingerprint density at radius 3 is 2.85 bits per heavy atom. The molecule has 0 unspecified atom stereocenters. The van der Waals surface area contributed by atoms with Crippen molar-refractivity contribution >= 4 is 33.5 Å². The molecule has 0 saturated carbocycles. The zero-order chi connectivity index (χ0) is 14.5. The summed E-state index contributed by atoms with van der Waals surface area (Å²) in [6.07, 6.45) is 3.19. The maximum absolute atomic E-state index is 11.7. The Morgan fingerprint density at radius 1 is 1.45 bits per heavy atom. The van der Waals surface area contributed by atoms with Crippen LogP contribution >= 0.6 is 15.9 Å². The molecule has 1 N–H and O–H groups in total. The number of aryl methyl sites for hydroxylation is 1. The van der Waals surface area contributed by atoms with Crippen LogP contribution in [0.4, 0.5) is 11.6 Å². The summed E-state index contributed by atoms with van der Waals surface area (Å²) in [5, 5.41) is 16.8. The van der Waals surface area contributed by atoms with Gasteiger partial charge in [0.2, 0.25) is 5.91 Å². The molecule has 0 fully saturated rings. The van der Waals surface area contributed by atoms with Crippen LogP contribution < -0.4 is 5.32 Å². The van der Waals surface area contributed by atoms with Crippen LogP contribution in [0.5, 0.6) is 0 Å². The van der Waals surface area contributed by atoms with Gasteiger partial charge in [-0.15, -0.1) is 0 Å². The van der Waals surface area contributed by atoms with Crippen LogP contribution in [0.2, 0.25) is 0 Å². The van der Waals surface area contributed by atoms with Crippen molar-refractivity contribution in [2.75, 3.05) is 5.32 Å². The number of carbonyl (C=O) groups is 1. The molecule has 1 amide bonds. The first kappa shape index (κ1) is 14.1. The third-order valence-corrected chi connectivity index (χ3v) is 2.85. The van der Waals surface area contributed by atoms with Gasteiger partial charge in [-0.1, -0.05) is 0 Å². The highest BCUT2D eigenvalue weighted by Gasteiger charge is 2.12. The minimum Gasteiger partial charge on any atom is -0.358 e. The van der Waals surface area contributed by atoms with Crippen molar-refractivity contribution in [2.24, 2.45) is 0 Å². The maximum Gasteiger partial charge on any atom is 0.389 e. The van der Waals surface area contributed by atoms with Crippen molar-refractivity contribution in [1.82, 2.24) is 14.8 Å². The monoisotopic (exact) mass is 339 g/mol. The van der Waals surface area contributed by atoms with Crippen LogP contribution in [0.1, 0.15) is 6.42 Å². The Morgan fingerprint density at radius 2 is 2.25 bits per heavy atom. The van der Waals surface area contributed by atoms with E-state index in [1.54, 1.807) is 18.3 Å². The molecule has 0 aliphatic heterocycles. The second-order valence-electron chi connectivity index (χ2n) is 3.85. The maximum atomic E-state index is 11.7. The Balaban J connectivity index is 1.85. The molecule has 0 aliphatic rings. The number of amides is 1. The van der Waals surface area contributed by atoms with Gasteiger partial charge in [0.25, 0.3) is 0 Å². The van der Waals surface area contributed by atoms with Crippen LogP contribution in [0.15, 0.2) is 35.1 Å². The van der Waals surface area contributed by atoms with Crippen molar-refractivity contribution in [1.29, 1.82) is 0 Å². The van der Waals surface area contributed by atoms with Gasteiger partial charge in [0.15, 0.2) is 0 Å². The number of hydrogen-bond acceptors (Lipinski definition) is 5. The van der Waals surface area contributed by atoms with Gasteiger partial charge in [0.05, 0.1) is 23.9 Å². The molecule has 0 bridgehead atoms. The van der Waals surface area contributed by atoms with Gasteiger partial charge in [0, 0.05) is 17.1 Å². The number of nitrogens with one attached hydrogen (secondary N) is 1. The first-order valence-electron chi connectivity index (χ1n) is 5.64. The van der Waals surface area contributed by atoms with Crippen LogP contribution in [0.3, 0.4) is 0 Å². The number of halogens is 1. The molecule has 8 nitrogen and oxygen atoms in total. The average molecular weight is 340 g/mol. The Bertz CT molecular complexity index is 625. The number of hydrogen-bond donors (Lipinski definition) is 1. The van der Waals surface area contributed by atoms with Crippen LogP contribution in [-0.2, 0) is 11.3 Å². The third kappa shape index (κ3) is 3.85. The van der Waals surface area contributed by atoms with Gasteiger partial charge >= 0.3 is 5.82 Å². The molecule has 0 spiro atoms. The summed E-state index contributed by atoms with van der Waals surface area (Å²) in [5.74, 6) is -0.0254. The van der Waals surface area contributed by atoms with Gasteiger partial charge in [-0.3, -0.25) is 4.79 Å². The number of nitrogens with zero attached hydrogens (tertiary/aromatic N) is 4. The van der Waals surface area contributed by atoms with Crippen molar-refractivity contribution in [2.45, 2.75) is 13.0 Å². The molecule has 2 rings (SSSR count). The van der Waals surface area contributed by atoms with Gasteiger partial charge in [-0.25, -0.2) is 4.98 Å². The normalized spacial score (nSPS) is 10.2. The summed E-state index contributed by atoms with van der Waals surface area (Å²) in [6, 6.07) is 4.72. The van der Waals surface area contributed by atoms with E-state index in [1.807, 2.05) is 0 Å². The van der Waals surface area contributed by atoms with Crippen molar-refractivity contribution in [3.8, 4) is 0 Å². The van der Waals surface area contributed by atoms with Crippen LogP contribution in [0, 0.1) is 10.1 Å². The molecule has 0 atom stereocenters. The molecule has 2 heterocycles. The summed E-state index contributed by atoms with van der Waals surface area (Å²) < 4.78 is 2.17. The number of rotatable bonds is 5. The minimum atomic E-state index is -0.581. The lowest BCUT2D eigenvalue weighted by molar-refractivity contribution is -0.389. The van der Waals surface area contributed by atoms with E-state index in [9.17, 15) is 14.9 Å². The van der Waals surface area contributed by atoms with E-state index in [2.05, 4.69) is 31.3 Å². The second-order valence-corrected chi connectivity index (χ2v) is 4.77. The lowest BCUT2D eigenvalue weighted by Gasteiger charge is -2.03. The number of pyridine rings is 1. The first-order chi connectivity index (χ1) is 9.54. The highest BCUT2D eigenvalue weighted by Crippen LogP contribution is 2.11. The van der Waals surface area contributed by atoms with Gasteiger partial charge in [-0.05, 0) is 33.0 Å². The zero-order valence-electron chi connectivity index (χ0n) is 10.2. The quantitative estimate of drug-likeness (QED) is 0.662. The predicted molar refractivity (Wildman–Crippen MR) is 74.1 cm³/mol. The molecule has 0 aromatic carbocycles. The number of nitro groups is 1. The Labute approximate surface area is 122 Å². The highest BCUT2D eigenvalue weighted by molar-refractivity contribution is 9.10. The lowest BCUT2D eigenvalue weighted by atomic mass is 10.4. The Kier molecular flexibility index (Phi) is 4.41. The van der Waals surface area contributed by atoms with E-state index < -0.39 is 4.92 Å². The van der Waals surface area contributed by atoms with Crippen molar-refractivity contribution in [3.05, 3.63) is 45.2 Å². The molecule has 2 aromatic heterocycles. The number of aromatic nitrogens is 3. The van der Waals surface area contributed by atoms with Gasteiger partial charge in [-0.2, -0.15) is 4.68 Å². The minimum absolute atomic E-state index is 0.149. The Hall–Kier alpha value is -2.29.